The van der Waals surface area contributed by atoms with Crippen molar-refractivity contribution in [2.45, 2.75) is 24.9 Å². The second kappa shape index (κ2) is 11.1. The number of anilines is 2. The highest BCUT2D eigenvalue weighted by molar-refractivity contribution is 7.99. The first-order valence-corrected chi connectivity index (χ1v) is 12.7. The van der Waals surface area contributed by atoms with Gasteiger partial charge < -0.3 is 15.2 Å². The van der Waals surface area contributed by atoms with E-state index in [4.69, 9.17) is 0 Å². The lowest BCUT2D eigenvalue weighted by Crippen LogP contribution is -2.16. The highest BCUT2D eigenvalue weighted by atomic mass is 32.2. The highest BCUT2D eigenvalue weighted by Crippen LogP contribution is 2.26. The van der Waals surface area contributed by atoms with Gasteiger partial charge >= 0.3 is 0 Å². The number of hydrogen-bond acceptors (Lipinski definition) is 6. The molecule has 2 heterocycles. The van der Waals surface area contributed by atoms with Crippen molar-refractivity contribution in [1.29, 1.82) is 0 Å². The van der Waals surface area contributed by atoms with E-state index in [0.29, 0.717) is 29.4 Å². The Balaban J connectivity index is 1.27. The van der Waals surface area contributed by atoms with E-state index < -0.39 is 0 Å². The molecule has 34 heavy (non-hydrogen) atoms. The fraction of sp³-hybridized carbons (Fsp3) is 0.200. The van der Waals surface area contributed by atoms with Gasteiger partial charge in [-0.05, 0) is 54.1 Å². The van der Waals surface area contributed by atoms with Crippen LogP contribution in [-0.2, 0) is 23.1 Å². The lowest BCUT2D eigenvalue weighted by Gasteiger charge is -2.11. The predicted molar refractivity (Wildman–Crippen MR) is 138 cm³/mol. The van der Waals surface area contributed by atoms with Crippen LogP contribution < -0.4 is 10.6 Å². The summed E-state index contributed by atoms with van der Waals surface area (Å²) in [6.45, 7) is 1.90. The van der Waals surface area contributed by atoms with Crippen molar-refractivity contribution in [1.82, 2.24) is 14.8 Å². The topological polar surface area (TPSA) is 88.9 Å². The molecule has 0 saturated carbocycles. The summed E-state index contributed by atoms with van der Waals surface area (Å²) in [6.07, 6.45) is 1.10. The summed E-state index contributed by atoms with van der Waals surface area (Å²) < 4.78 is 1.89. The molecule has 2 amide bonds. The predicted octanol–water partition coefficient (Wildman–Crippen LogP) is 5.15. The molecule has 0 aliphatic heterocycles. The van der Waals surface area contributed by atoms with E-state index in [-0.39, 0.29) is 17.6 Å². The number of aromatic nitrogens is 3. The van der Waals surface area contributed by atoms with Gasteiger partial charge in [0, 0.05) is 24.8 Å². The first kappa shape index (κ1) is 23.7. The number of carbonyl (C=O) groups is 2. The van der Waals surface area contributed by atoms with Crippen LogP contribution in [0.3, 0.4) is 0 Å². The molecular formula is C25H25N5O2S2. The minimum absolute atomic E-state index is 0.0398. The van der Waals surface area contributed by atoms with Gasteiger partial charge in [-0.15, -0.1) is 21.5 Å². The van der Waals surface area contributed by atoms with E-state index in [1.165, 1.54) is 11.8 Å². The summed E-state index contributed by atoms with van der Waals surface area (Å²) in [5, 5.41) is 17.0. The van der Waals surface area contributed by atoms with E-state index in [9.17, 15) is 9.59 Å². The zero-order chi connectivity index (χ0) is 23.9. The van der Waals surface area contributed by atoms with Gasteiger partial charge in [-0.2, -0.15) is 0 Å². The third-order valence-corrected chi connectivity index (χ3v) is 7.06. The van der Waals surface area contributed by atoms with E-state index in [0.717, 1.165) is 21.8 Å². The number of rotatable bonds is 9. The van der Waals surface area contributed by atoms with Gasteiger partial charge in [-0.3, -0.25) is 9.59 Å². The number of amides is 2. The zero-order valence-corrected chi connectivity index (χ0v) is 20.6. The fourth-order valence-electron chi connectivity index (χ4n) is 3.39. The highest BCUT2D eigenvalue weighted by Gasteiger charge is 2.14. The Hall–Kier alpha value is -3.43. The number of carbonyl (C=O) groups excluding carboxylic acids is 2. The molecule has 0 saturated heterocycles. The van der Waals surface area contributed by atoms with Crippen LogP contribution in [-0.4, -0.2) is 32.3 Å². The van der Waals surface area contributed by atoms with Gasteiger partial charge in [0.25, 0.3) is 0 Å². The minimum Gasteiger partial charge on any atom is -0.326 e. The van der Waals surface area contributed by atoms with Crippen LogP contribution >= 0.6 is 23.1 Å². The van der Waals surface area contributed by atoms with Crippen LogP contribution in [0.25, 0.3) is 10.7 Å². The summed E-state index contributed by atoms with van der Waals surface area (Å²) in [5.74, 6) is 0.832. The Morgan fingerprint density at radius 3 is 2.56 bits per heavy atom. The summed E-state index contributed by atoms with van der Waals surface area (Å²) in [5.41, 5.74) is 3.43. The first-order chi connectivity index (χ1) is 16.5. The van der Waals surface area contributed by atoms with Crippen LogP contribution in [0.1, 0.15) is 17.5 Å². The molecule has 0 aliphatic carbocycles. The monoisotopic (exact) mass is 491 g/mol. The number of hydrogen-bond donors (Lipinski definition) is 2. The Bertz CT molecular complexity index is 1270. The molecule has 0 radical (unpaired) electrons. The molecule has 0 atom stereocenters. The number of thiophene rings is 1. The van der Waals surface area contributed by atoms with Crippen molar-refractivity contribution in [3.05, 3.63) is 77.2 Å². The van der Waals surface area contributed by atoms with Crippen molar-refractivity contribution in [2.24, 2.45) is 7.05 Å². The Morgan fingerprint density at radius 2 is 1.82 bits per heavy atom. The van der Waals surface area contributed by atoms with Gasteiger partial charge in [0.15, 0.2) is 11.0 Å². The van der Waals surface area contributed by atoms with E-state index >= 15 is 0 Å². The Morgan fingerprint density at radius 1 is 1.00 bits per heavy atom. The average molecular weight is 492 g/mol. The van der Waals surface area contributed by atoms with Crippen molar-refractivity contribution in [3.63, 3.8) is 0 Å². The van der Waals surface area contributed by atoms with Crippen molar-refractivity contribution in [2.75, 3.05) is 16.4 Å². The molecule has 0 fully saturated rings. The van der Waals surface area contributed by atoms with Gasteiger partial charge in [-0.25, -0.2) is 0 Å². The van der Waals surface area contributed by atoms with Crippen molar-refractivity contribution in [3.8, 4) is 10.7 Å². The first-order valence-electron chi connectivity index (χ1n) is 10.8. The van der Waals surface area contributed by atoms with Crippen LogP contribution in [0.2, 0.25) is 0 Å². The number of thioether (sulfide) groups is 1. The molecule has 2 aromatic carbocycles. The molecule has 2 N–H and O–H groups in total. The molecule has 7 nitrogen and oxygen atoms in total. The zero-order valence-electron chi connectivity index (χ0n) is 18.9. The van der Waals surface area contributed by atoms with Crippen LogP contribution in [0.5, 0.6) is 0 Å². The number of nitrogens with zero attached hydrogens (tertiary/aromatic N) is 3. The number of nitrogens with one attached hydrogen (secondary N) is 2. The van der Waals surface area contributed by atoms with E-state index in [1.54, 1.807) is 17.4 Å². The van der Waals surface area contributed by atoms with Gasteiger partial charge in [0.1, 0.15) is 0 Å². The largest absolute Gasteiger partial charge is 0.326 e. The summed E-state index contributed by atoms with van der Waals surface area (Å²) in [6, 6.07) is 19.4. The minimum atomic E-state index is -0.131. The second-order valence-electron chi connectivity index (χ2n) is 7.74. The van der Waals surface area contributed by atoms with Crippen LogP contribution in [0.4, 0.5) is 11.4 Å². The molecule has 2 aromatic heterocycles. The van der Waals surface area contributed by atoms with E-state index in [2.05, 4.69) is 20.8 Å². The third kappa shape index (κ3) is 6.12. The molecule has 174 valence electrons. The SMILES string of the molecule is Cc1cc(NC(=O)CCc2ccccc2)ccc1NC(=O)CSc1nnc(-c2cccs2)n1C. The summed E-state index contributed by atoms with van der Waals surface area (Å²) in [7, 11) is 1.90. The fourth-order valence-corrected chi connectivity index (χ4v) is 4.84. The average Bonchev–Trinajstić information content (AvgIpc) is 3.48. The molecule has 0 spiro atoms. The molecule has 0 aliphatic rings. The normalized spacial score (nSPS) is 10.8. The Kier molecular flexibility index (Phi) is 7.76. The Labute approximate surface area is 206 Å². The quantitative estimate of drug-likeness (QED) is 0.316. The maximum atomic E-state index is 12.5. The van der Waals surface area contributed by atoms with Gasteiger partial charge in [0.05, 0.1) is 10.6 Å². The summed E-state index contributed by atoms with van der Waals surface area (Å²) >= 11 is 2.94. The molecule has 4 rings (SSSR count). The molecule has 0 unspecified atom stereocenters. The number of aryl methyl sites for hydroxylation is 2. The van der Waals surface area contributed by atoms with Crippen molar-refractivity contribution < 1.29 is 9.59 Å². The van der Waals surface area contributed by atoms with Gasteiger partial charge in [-0.1, -0.05) is 48.2 Å². The lowest BCUT2D eigenvalue weighted by atomic mass is 10.1. The lowest BCUT2D eigenvalue weighted by molar-refractivity contribution is -0.116. The third-order valence-electron chi connectivity index (χ3n) is 5.18. The van der Waals surface area contributed by atoms with E-state index in [1.807, 2.05) is 78.5 Å². The van der Waals surface area contributed by atoms with Crippen LogP contribution in [0, 0.1) is 6.92 Å². The molecule has 4 aromatic rings. The maximum Gasteiger partial charge on any atom is 0.234 e. The standard InChI is InChI=1S/C25H25N5O2S2/c1-17-15-19(26-22(31)13-10-18-7-4-3-5-8-18)11-12-20(17)27-23(32)16-34-25-29-28-24(30(25)2)21-9-6-14-33-21/h3-9,11-12,14-15H,10,13,16H2,1-2H3,(H,26,31)(H,27,32). The molecule has 9 heteroatoms. The number of benzene rings is 2. The second-order valence-corrected chi connectivity index (χ2v) is 9.63. The molecular weight excluding hydrogens is 466 g/mol. The van der Waals surface area contributed by atoms with Crippen LogP contribution in [0.15, 0.2) is 71.2 Å². The summed E-state index contributed by atoms with van der Waals surface area (Å²) in [4.78, 5) is 25.8. The smallest absolute Gasteiger partial charge is 0.234 e. The maximum absolute atomic E-state index is 12.5. The van der Waals surface area contributed by atoms with Crippen molar-refractivity contribution >= 4 is 46.3 Å². The molecule has 0 bridgehead atoms. The van der Waals surface area contributed by atoms with Gasteiger partial charge in [0.2, 0.25) is 11.8 Å².